The summed E-state index contributed by atoms with van der Waals surface area (Å²) in [6.45, 7) is -0.496. The minimum absolute atomic E-state index is 0.284. The van der Waals surface area contributed by atoms with Gasteiger partial charge in [-0.3, -0.25) is 9.59 Å². The van der Waals surface area contributed by atoms with Crippen LogP contribution in [0.3, 0.4) is 0 Å². The average molecular weight is 621 g/mol. The topological polar surface area (TPSA) is 238 Å². The van der Waals surface area contributed by atoms with Crippen molar-refractivity contribution in [1.82, 2.24) is 10.6 Å². The lowest BCUT2D eigenvalue weighted by molar-refractivity contribution is -0.231. The number of carbonyl (C=O) groups is 2. The first-order valence-corrected chi connectivity index (χ1v) is 14.4. The summed E-state index contributed by atoms with van der Waals surface area (Å²) in [6, 6.07) is 12.5. The molecule has 2 heterocycles. The number of ether oxygens (including phenoxy) is 2. The Hall–Kier alpha value is -3.02. The molecule has 14 heteroatoms. The van der Waals surface area contributed by atoms with Gasteiger partial charge < -0.3 is 61.0 Å². The van der Waals surface area contributed by atoms with Crippen molar-refractivity contribution in [2.24, 2.45) is 0 Å². The van der Waals surface area contributed by atoms with E-state index in [1.54, 1.807) is 36.4 Å². The lowest BCUT2D eigenvalue weighted by atomic mass is 9.90. The van der Waals surface area contributed by atoms with E-state index in [1.807, 2.05) is 0 Å². The molecule has 2 aliphatic rings. The molecule has 0 aliphatic carbocycles. The van der Waals surface area contributed by atoms with E-state index in [1.165, 1.54) is 12.1 Å². The molecule has 242 valence electrons. The zero-order chi connectivity index (χ0) is 32.0. The van der Waals surface area contributed by atoms with Crippen molar-refractivity contribution in [3.8, 4) is 0 Å². The smallest absolute Gasteiger partial charge is 0.251 e. The van der Waals surface area contributed by atoms with Gasteiger partial charge in [0, 0.05) is 24.2 Å². The Morgan fingerprint density at radius 1 is 0.591 bits per heavy atom. The van der Waals surface area contributed by atoms with E-state index in [0.717, 1.165) is 0 Å². The van der Waals surface area contributed by atoms with Gasteiger partial charge in [0.1, 0.15) is 61.0 Å². The molecule has 2 amide bonds. The minimum atomic E-state index is -1.53. The highest BCUT2D eigenvalue weighted by Gasteiger charge is 2.45. The lowest BCUT2D eigenvalue weighted by Crippen LogP contribution is -2.55. The fraction of sp³-hybridized carbons (Fsp3) is 0.533. The Labute approximate surface area is 253 Å². The summed E-state index contributed by atoms with van der Waals surface area (Å²) in [4.78, 5) is 25.4. The SMILES string of the molecule is O=C(NCCCCNC(=O)c1cccc(C2OC(CO)C(O)C(O)C2O)c1)c1cccc(C2OC(CO)C(O)C(O)C2O)c1. The van der Waals surface area contributed by atoms with Crippen LogP contribution >= 0.6 is 0 Å². The molecule has 44 heavy (non-hydrogen) atoms. The molecule has 0 aromatic heterocycles. The number of carbonyl (C=O) groups excluding carboxylic acids is 2. The van der Waals surface area contributed by atoms with E-state index >= 15 is 0 Å². The van der Waals surface area contributed by atoms with Crippen LogP contribution in [-0.2, 0) is 9.47 Å². The maximum atomic E-state index is 12.7. The van der Waals surface area contributed by atoms with E-state index in [2.05, 4.69) is 10.6 Å². The van der Waals surface area contributed by atoms with Crippen molar-refractivity contribution in [3.05, 3.63) is 70.8 Å². The fourth-order valence-electron chi connectivity index (χ4n) is 5.33. The summed E-state index contributed by atoms with van der Waals surface area (Å²) in [5.41, 5.74) is 1.36. The first-order chi connectivity index (χ1) is 21.1. The molecule has 2 aromatic rings. The van der Waals surface area contributed by atoms with Crippen LogP contribution in [-0.4, -0.2) is 128 Å². The molecule has 2 aliphatic heterocycles. The molecule has 4 rings (SSSR count). The molecule has 10 atom stereocenters. The largest absolute Gasteiger partial charge is 0.394 e. The monoisotopic (exact) mass is 620 g/mol. The van der Waals surface area contributed by atoms with Gasteiger partial charge in [-0.2, -0.15) is 0 Å². The molecule has 0 bridgehead atoms. The molecule has 2 fully saturated rings. The molecule has 0 saturated carbocycles. The quantitative estimate of drug-likeness (QED) is 0.119. The summed E-state index contributed by atoms with van der Waals surface area (Å²) >= 11 is 0. The first-order valence-electron chi connectivity index (χ1n) is 14.4. The van der Waals surface area contributed by atoms with Crippen molar-refractivity contribution >= 4 is 11.8 Å². The highest BCUT2D eigenvalue weighted by Crippen LogP contribution is 2.34. The molecule has 2 aromatic carbocycles. The molecule has 10 unspecified atom stereocenters. The van der Waals surface area contributed by atoms with E-state index in [0.29, 0.717) is 37.1 Å². The second-order valence-corrected chi connectivity index (χ2v) is 11.0. The Morgan fingerprint density at radius 2 is 0.977 bits per heavy atom. The third-order valence-corrected chi connectivity index (χ3v) is 7.91. The Kier molecular flexibility index (Phi) is 11.8. The van der Waals surface area contributed by atoms with E-state index in [9.17, 15) is 50.4 Å². The second kappa shape index (κ2) is 15.3. The number of unbranched alkanes of at least 4 members (excludes halogenated alkanes) is 1. The fourth-order valence-corrected chi connectivity index (χ4v) is 5.33. The first kappa shape index (κ1) is 33.9. The lowest BCUT2D eigenvalue weighted by Gasteiger charge is -2.40. The number of hydrogen-bond donors (Lipinski definition) is 10. The Balaban J connectivity index is 1.23. The molecular weight excluding hydrogens is 580 g/mol. The van der Waals surface area contributed by atoms with Gasteiger partial charge in [-0.05, 0) is 48.2 Å². The van der Waals surface area contributed by atoms with Gasteiger partial charge in [-0.25, -0.2) is 0 Å². The maximum absolute atomic E-state index is 12.7. The van der Waals surface area contributed by atoms with Crippen molar-refractivity contribution in [2.75, 3.05) is 26.3 Å². The maximum Gasteiger partial charge on any atom is 0.251 e. The van der Waals surface area contributed by atoms with Crippen molar-refractivity contribution in [1.29, 1.82) is 0 Å². The van der Waals surface area contributed by atoms with Gasteiger partial charge >= 0.3 is 0 Å². The molecule has 0 spiro atoms. The normalized spacial score (nSPS) is 32.2. The number of amides is 2. The molecule has 0 radical (unpaired) electrons. The van der Waals surface area contributed by atoms with Crippen molar-refractivity contribution in [3.63, 3.8) is 0 Å². The number of aliphatic hydroxyl groups is 8. The predicted molar refractivity (Wildman–Crippen MR) is 152 cm³/mol. The third kappa shape index (κ3) is 7.61. The van der Waals surface area contributed by atoms with Gasteiger partial charge in [-0.15, -0.1) is 0 Å². The van der Waals surface area contributed by atoms with E-state index in [-0.39, 0.29) is 22.9 Å². The number of hydrogen-bond acceptors (Lipinski definition) is 12. The zero-order valence-electron chi connectivity index (χ0n) is 23.8. The highest BCUT2D eigenvalue weighted by molar-refractivity contribution is 5.94. The molecule has 14 nitrogen and oxygen atoms in total. The van der Waals surface area contributed by atoms with Crippen molar-refractivity contribution in [2.45, 2.75) is 73.9 Å². The Bertz CT molecular complexity index is 1160. The van der Waals surface area contributed by atoms with Crippen LogP contribution in [0.25, 0.3) is 0 Å². The third-order valence-electron chi connectivity index (χ3n) is 7.91. The standard InChI is InChI=1S/C30H40N2O12/c33-13-19-21(35)23(37)25(39)27(43-19)15-5-3-7-17(11-15)29(41)31-9-1-2-10-32-30(42)18-8-4-6-16(12-18)28-26(40)24(38)22(36)20(14-34)44-28/h3-8,11-12,19-28,33-40H,1-2,9-10,13-14H2,(H,31,41)(H,32,42). The van der Waals surface area contributed by atoms with Gasteiger partial charge in [0.25, 0.3) is 11.8 Å². The number of rotatable bonds is 11. The molecular formula is C30H40N2O12. The second-order valence-electron chi connectivity index (χ2n) is 11.0. The summed E-state index contributed by atoms with van der Waals surface area (Å²) in [5, 5.41) is 85.3. The number of nitrogens with one attached hydrogen (secondary N) is 2. The van der Waals surface area contributed by atoms with Gasteiger partial charge in [0.05, 0.1) is 13.2 Å². The highest BCUT2D eigenvalue weighted by atomic mass is 16.6. The van der Waals surface area contributed by atoms with Crippen LogP contribution in [0.1, 0.15) is 56.9 Å². The van der Waals surface area contributed by atoms with Crippen LogP contribution in [0.4, 0.5) is 0 Å². The van der Waals surface area contributed by atoms with Crippen LogP contribution in [0.5, 0.6) is 0 Å². The van der Waals surface area contributed by atoms with Crippen LogP contribution in [0, 0.1) is 0 Å². The van der Waals surface area contributed by atoms with Gasteiger partial charge in [0.15, 0.2) is 0 Å². The van der Waals surface area contributed by atoms with E-state index in [4.69, 9.17) is 9.47 Å². The Morgan fingerprint density at radius 3 is 1.34 bits per heavy atom. The number of benzene rings is 2. The van der Waals surface area contributed by atoms with Crippen LogP contribution < -0.4 is 10.6 Å². The van der Waals surface area contributed by atoms with Crippen molar-refractivity contribution < 1.29 is 59.9 Å². The van der Waals surface area contributed by atoms with E-state index < -0.39 is 74.3 Å². The molecule has 10 N–H and O–H groups in total. The van der Waals surface area contributed by atoms with Crippen LogP contribution in [0.2, 0.25) is 0 Å². The van der Waals surface area contributed by atoms with Gasteiger partial charge in [0.2, 0.25) is 0 Å². The predicted octanol–water partition coefficient (Wildman–Crippen LogP) is -2.34. The zero-order valence-corrected chi connectivity index (χ0v) is 23.8. The summed E-state index contributed by atoms with van der Waals surface area (Å²) in [7, 11) is 0. The van der Waals surface area contributed by atoms with Crippen LogP contribution in [0.15, 0.2) is 48.5 Å². The summed E-state index contributed by atoms with van der Waals surface area (Å²) < 4.78 is 11.1. The number of aliphatic hydroxyl groups excluding tert-OH is 8. The summed E-state index contributed by atoms with van der Waals surface area (Å²) in [5.74, 6) is -0.768. The molecule has 2 saturated heterocycles. The minimum Gasteiger partial charge on any atom is -0.394 e. The summed E-state index contributed by atoms with van der Waals surface area (Å²) in [6.07, 6.45) is -12.1. The van der Waals surface area contributed by atoms with Gasteiger partial charge in [-0.1, -0.05) is 24.3 Å². The average Bonchev–Trinajstić information content (AvgIpc) is 3.04.